The van der Waals surface area contributed by atoms with E-state index < -0.39 is 5.97 Å². The van der Waals surface area contributed by atoms with Crippen molar-refractivity contribution in [3.63, 3.8) is 0 Å². The number of nitrogens with zero attached hydrogens (tertiary/aromatic N) is 3. The molecule has 2 rings (SSSR count). The van der Waals surface area contributed by atoms with Crippen molar-refractivity contribution in [3.8, 4) is 5.75 Å². The Bertz CT molecular complexity index is 655. The first-order chi connectivity index (χ1) is 10.5. The van der Waals surface area contributed by atoms with Crippen LogP contribution in [-0.2, 0) is 18.4 Å². The predicted molar refractivity (Wildman–Crippen MR) is 84.2 cm³/mol. The molecule has 0 atom stereocenters. The monoisotopic (exact) mass is 321 g/mol. The zero-order chi connectivity index (χ0) is 16.1. The average Bonchev–Trinajstić information content (AvgIpc) is 2.83. The van der Waals surface area contributed by atoms with Crippen molar-refractivity contribution in [2.24, 2.45) is 7.05 Å². The van der Waals surface area contributed by atoms with Crippen LogP contribution in [-0.4, -0.2) is 31.6 Å². The fourth-order valence-electron chi connectivity index (χ4n) is 1.83. The normalized spacial score (nSPS) is 10.9. The molecular formula is C15H19N3O3S. The molecule has 7 heteroatoms. The summed E-state index contributed by atoms with van der Waals surface area (Å²) in [4.78, 5) is 10.6. The van der Waals surface area contributed by atoms with E-state index in [4.69, 9.17) is 9.84 Å². The van der Waals surface area contributed by atoms with Gasteiger partial charge in [0.15, 0.2) is 11.0 Å². The van der Waals surface area contributed by atoms with Gasteiger partial charge in [-0.15, -0.1) is 10.2 Å². The number of thioether (sulfide) groups is 1. The van der Waals surface area contributed by atoms with Crippen LogP contribution in [0.1, 0.15) is 31.2 Å². The molecule has 0 amide bonds. The fraction of sp³-hybridized carbons (Fsp3) is 0.400. The second-order valence-corrected chi connectivity index (χ2v) is 6.10. The van der Waals surface area contributed by atoms with Crippen molar-refractivity contribution in [2.45, 2.75) is 31.5 Å². The Hall–Kier alpha value is -2.02. The summed E-state index contributed by atoms with van der Waals surface area (Å²) in [5.74, 6) is 0.967. The van der Waals surface area contributed by atoms with E-state index in [-0.39, 0.29) is 5.75 Å². The Labute approximate surface area is 133 Å². The lowest BCUT2D eigenvalue weighted by Gasteiger charge is -2.09. The van der Waals surface area contributed by atoms with Crippen molar-refractivity contribution in [1.29, 1.82) is 0 Å². The molecular weight excluding hydrogens is 302 g/mol. The lowest BCUT2D eigenvalue weighted by atomic mass is 10.0. The highest BCUT2D eigenvalue weighted by molar-refractivity contribution is 7.99. The molecule has 0 spiro atoms. The van der Waals surface area contributed by atoms with Crippen LogP contribution < -0.4 is 4.74 Å². The van der Waals surface area contributed by atoms with E-state index in [1.807, 2.05) is 18.2 Å². The fourth-order valence-corrected chi connectivity index (χ4v) is 2.48. The number of hydrogen-bond donors (Lipinski definition) is 1. The molecule has 118 valence electrons. The summed E-state index contributed by atoms with van der Waals surface area (Å²) in [6.45, 7) is 4.56. The highest BCUT2D eigenvalue weighted by Crippen LogP contribution is 2.21. The van der Waals surface area contributed by atoms with Crippen LogP contribution >= 0.6 is 11.8 Å². The first-order valence-corrected chi connectivity index (χ1v) is 7.91. The number of hydrogen-bond acceptors (Lipinski definition) is 5. The highest BCUT2D eigenvalue weighted by Gasteiger charge is 2.11. The Morgan fingerprint density at radius 3 is 2.86 bits per heavy atom. The van der Waals surface area contributed by atoms with Crippen LogP contribution in [0.3, 0.4) is 0 Å². The SMILES string of the molecule is CC(C)c1cccc(OCc2nnc(SCC(=O)O)n2C)c1. The maximum Gasteiger partial charge on any atom is 0.313 e. The van der Waals surface area contributed by atoms with Gasteiger partial charge in [-0.2, -0.15) is 0 Å². The first-order valence-electron chi connectivity index (χ1n) is 6.93. The molecule has 0 fully saturated rings. The van der Waals surface area contributed by atoms with Gasteiger partial charge in [-0.25, -0.2) is 0 Å². The van der Waals surface area contributed by atoms with Gasteiger partial charge in [0.05, 0.1) is 5.75 Å². The molecule has 0 saturated heterocycles. The van der Waals surface area contributed by atoms with Crippen LogP contribution in [0.15, 0.2) is 29.4 Å². The Kier molecular flexibility index (Phi) is 5.43. The number of carboxylic acids is 1. The minimum atomic E-state index is -0.878. The molecule has 1 aromatic heterocycles. The summed E-state index contributed by atoms with van der Waals surface area (Å²) < 4.78 is 7.50. The van der Waals surface area contributed by atoms with Gasteiger partial charge in [0.1, 0.15) is 12.4 Å². The lowest BCUT2D eigenvalue weighted by molar-refractivity contribution is -0.133. The maximum absolute atomic E-state index is 10.6. The molecule has 0 radical (unpaired) electrons. The summed E-state index contributed by atoms with van der Waals surface area (Å²) in [6.07, 6.45) is 0. The van der Waals surface area contributed by atoms with Crippen LogP contribution in [0.5, 0.6) is 5.75 Å². The number of aliphatic carboxylic acids is 1. The Morgan fingerprint density at radius 2 is 2.18 bits per heavy atom. The van der Waals surface area contributed by atoms with Crippen molar-refractivity contribution in [2.75, 3.05) is 5.75 Å². The van der Waals surface area contributed by atoms with Crippen LogP contribution in [0.4, 0.5) is 0 Å². The third-order valence-electron chi connectivity index (χ3n) is 3.14. The van der Waals surface area contributed by atoms with E-state index >= 15 is 0 Å². The first kappa shape index (κ1) is 16.4. The molecule has 1 aromatic carbocycles. The number of ether oxygens (including phenoxy) is 1. The summed E-state index contributed by atoms with van der Waals surface area (Å²) in [5, 5.41) is 17.3. The van der Waals surface area contributed by atoms with Crippen molar-refractivity contribution in [1.82, 2.24) is 14.8 Å². The van der Waals surface area contributed by atoms with E-state index in [1.54, 1.807) is 11.6 Å². The molecule has 1 heterocycles. The molecule has 0 aliphatic carbocycles. The summed E-state index contributed by atoms with van der Waals surface area (Å²) in [6, 6.07) is 7.96. The van der Waals surface area contributed by atoms with Gasteiger partial charge in [-0.1, -0.05) is 37.7 Å². The van der Waals surface area contributed by atoms with Gasteiger partial charge in [0.2, 0.25) is 0 Å². The topological polar surface area (TPSA) is 77.2 Å². The van der Waals surface area contributed by atoms with E-state index in [0.717, 1.165) is 17.5 Å². The van der Waals surface area contributed by atoms with Crippen LogP contribution in [0.2, 0.25) is 0 Å². The number of rotatable bonds is 7. The smallest absolute Gasteiger partial charge is 0.313 e. The molecule has 1 N–H and O–H groups in total. The standard InChI is InChI=1S/C15H19N3O3S/c1-10(2)11-5-4-6-12(7-11)21-8-13-16-17-15(18(13)3)22-9-14(19)20/h4-7,10H,8-9H2,1-3H3,(H,19,20). The molecule has 22 heavy (non-hydrogen) atoms. The van der Waals surface area contributed by atoms with E-state index in [1.165, 1.54) is 5.56 Å². The predicted octanol–water partition coefficient (Wildman–Crippen LogP) is 2.69. The number of carbonyl (C=O) groups is 1. The lowest BCUT2D eigenvalue weighted by Crippen LogP contribution is -2.05. The summed E-state index contributed by atoms with van der Waals surface area (Å²) in [7, 11) is 1.80. The third kappa shape index (κ3) is 4.24. The largest absolute Gasteiger partial charge is 0.486 e. The van der Waals surface area contributed by atoms with E-state index in [0.29, 0.717) is 23.5 Å². The van der Waals surface area contributed by atoms with E-state index in [9.17, 15) is 4.79 Å². The van der Waals surface area contributed by atoms with Crippen molar-refractivity contribution >= 4 is 17.7 Å². The number of carboxylic acid groups (broad SMARTS) is 1. The Morgan fingerprint density at radius 1 is 1.41 bits per heavy atom. The summed E-state index contributed by atoms with van der Waals surface area (Å²) >= 11 is 1.14. The van der Waals surface area contributed by atoms with Gasteiger partial charge < -0.3 is 14.4 Å². The van der Waals surface area contributed by atoms with Crippen molar-refractivity contribution in [3.05, 3.63) is 35.7 Å². The van der Waals surface area contributed by atoms with Crippen LogP contribution in [0, 0.1) is 0 Å². The molecule has 0 unspecified atom stereocenters. The molecule has 6 nitrogen and oxygen atoms in total. The second-order valence-electron chi connectivity index (χ2n) is 5.16. The quantitative estimate of drug-likeness (QED) is 0.790. The Balaban J connectivity index is 2.00. The zero-order valence-corrected chi connectivity index (χ0v) is 13.6. The summed E-state index contributed by atoms with van der Waals surface area (Å²) in [5.41, 5.74) is 1.22. The molecule has 0 bridgehead atoms. The van der Waals surface area contributed by atoms with Gasteiger partial charge in [-0.3, -0.25) is 4.79 Å². The zero-order valence-electron chi connectivity index (χ0n) is 12.8. The average molecular weight is 321 g/mol. The minimum absolute atomic E-state index is 0.0384. The molecule has 2 aromatic rings. The second kappa shape index (κ2) is 7.31. The van der Waals surface area contributed by atoms with Gasteiger partial charge in [-0.05, 0) is 23.6 Å². The van der Waals surface area contributed by atoms with Gasteiger partial charge in [0, 0.05) is 7.05 Å². The number of benzene rings is 1. The van der Waals surface area contributed by atoms with Gasteiger partial charge in [0.25, 0.3) is 0 Å². The molecule has 0 aliphatic rings. The third-order valence-corrected chi connectivity index (χ3v) is 4.15. The molecule has 0 aliphatic heterocycles. The van der Waals surface area contributed by atoms with Gasteiger partial charge >= 0.3 is 5.97 Å². The van der Waals surface area contributed by atoms with Crippen molar-refractivity contribution < 1.29 is 14.6 Å². The van der Waals surface area contributed by atoms with E-state index in [2.05, 4.69) is 30.1 Å². The highest BCUT2D eigenvalue weighted by atomic mass is 32.2. The van der Waals surface area contributed by atoms with Crippen LogP contribution in [0.25, 0.3) is 0 Å². The maximum atomic E-state index is 10.6. The number of aromatic nitrogens is 3. The minimum Gasteiger partial charge on any atom is -0.486 e. The molecule has 0 saturated carbocycles.